The van der Waals surface area contributed by atoms with Gasteiger partial charge in [-0.1, -0.05) is 48.6 Å². The molecule has 0 aromatic heterocycles. The molecule has 0 aliphatic rings. The molecule has 2 heteroatoms. The van der Waals surface area contributed by atoms with Gasteiger partial charge in [0.15, 0.2) is 0 Å². The van der Waals surface area contributed by atoms with E-state index < -0.39 is 0 Å². The van der Waals surface area contributed by atoms with Crippen LogP contribution in [0.15, 0.2) is 84.6 Å². The van der Waals surface area contributed by atoms with Crippen molar-refractivity contribution in [3.63, 3.8) is 0 Å². The van der Waals surface area contributed by atoms with Crippen molar-refractivity contribution in [2.45, 2.75) is 13.8 Å². The van der Waals surface area contributed by atoms with Crippen LogP contribution in [-0.2, 0) is 0 Å². The molecule has 0 radical (unpaired) electrons. The Hall–Kier alpha value is -2.61. The molecule has 106 valence electrons. The van der Waals surface area contributed by atoms with Crippen molar-refractivity contribution < 1.29 is 4.79 Å². The summed E-state index contributed by atoms with van der Waals surface area (Å²) in [7, 11) is 0. The van der Waals surface area contributed by atoms with E-state index in [2.05, 4.69) is 0 Å². The second-order valence-electron chi connectivity index (χ2n) is 4.56. The molecule has 0 atom stereocenters. The lowest BCUT2D eigenvalue weighted by atomic mass is 10.1. The normalized spacial score (nSPS) is 11.6. The molecule has 0 N–H and O–H groups in total. The molecule has 0 spiro atoms. The maximum absolute atomic E-state index is 12.9. The minimum atomic E-state index is -0.0343. The largest absolute Gasteiger partial charge is 0.277 e. The molecule has 1 amide bonds. The number of hydrogen-bond acceptors (Lipinski definition) is 1. The summed E-state index contributed by atoms with van der Waals surface area (Å²) in [6, 6.07) is 19.0. The van der Waals surface area contributed by atoms with Gasteiger partial charge in [0.1, 0.15) is 0 Å². The first kappa shape index (κ1) is 14.8. The van der Waals surface area contributed by atoms with E-state index in [-0.39, 0.29) is 5.91 Å². The summed E-state index contributed by atoms with van der Waals surface area (Å²) in [6.07, 6.45) is 5.81. The maximum Gasteiger partial charge on any atom is 0.262 e. The fourth-order valence-electron chi connectivity index (χ4n) is 2.14. The Labute approximate surface area is 126 Å². The lowest BCUT2D eigenvalue weighted by molar-refractivity contribution is 0.0995. The number of carbonyl (C=O) groups excluding carboxylic acids is 1. The first-order chi connectivity index (χ1) is 10.3. The van der Waals surface area contributed by atoms with Crippen molar-refractivity contribution in [3.05, 3.63) is 90.2 Å². The Balaban J connectivity index is 2.49. The zero-order chi connectivity index (χ0) is 15.1. The van der Waals surface area contributed by atoms with Gasteiger partial charge >= 0.3 is 0 Å². The molecule has 0 bridgehead atoms. The van der Waals surface area contributed by atoms with Gasteiger partial charge in [0.2, 0.25) is 0 Å². The second-order valence-corrected chi connectivity index (χ2v) is 4.56. The average molecular weight is 277 g/mol. The lowest BCUT2D eigenvalue weighted by Gasteiger charge is -2.24. The first-order valence-corrected chi connectivity index (χ1v) is 7.01. The van der Waals surface area contributed by atoms with E-state index in [0.29, 0.717) is 5.56 Å². The number of anilines is 1. The van der Waals surface area contributed by atoms with Gasteiger partial charge in [-0.15, -0.1) is 0 Å². The van der Waals surface area contributed by atoms with Crippen LogP contribution in [0.1, 0.15) is 24.2 Å². The van der Waals surface area contributed by atoms with Crippen LogP contribution in [0, 0.1) is 0 Å². The Morgan fingerprint density at radius 2 is 1.48 bits per heavy atom. The average Bonchev–Trinajstić information content (AvgIpc) is 2.56. The number of carbonyl (C=O) groups is 1. The van der Waals surface area contributed by atoms with Gasteiger partial charge in [-0.3, -0.25) is 9.69 Å². The van der Waals surface area contributed by atoms with Gasteiger partial charge in [-0.2, -0.15) is 0 Å². The maximum atomic E-state index is 12.9. The highest BCUT2D eigenvalue weighted by Gasteiger charge is 2.19. The van der Waals surface area contributed by atoms with Crippen molar-refractivity contribution in [2.24, 2.45) is 0 Å². The standard InChI is InChI=1S/C19H19NO/c1-3-11-17(4-2)20(18-14-9-6-10-15-18)19(21)16-12-7-5-8-13-16/h3-15H,1-2H3/b11-3-,17-4+. The molecule has 0 unspecified atom stereocenters. The van der Waals surface area contributed by atoms with Crippen LogP contribution in [0.5, 0.6) is 0 Å². The van der Waals surface area contributed by atoms with Crippen molar-refractivity contribution in [2.75, 3.05) is 4.90 Å². The van der Waals surface area contributed by atoms with Crippen molar-refractivity contribution in [1.82, 2.24) is 0 Å². The summed E-state index contributed by atoms with van der Waals surface area (Å²) in [5.41, 5.74) is 2.39. The number of para-hydroxylation sites is 1. The highest BCUT2D eigenvalue weighted by Crippen LogP contribution is 2.22. The van der Waals surface area contributed by atoms with Gasteiger partial charge in [-0.25, -0.2) is 0 Å². The summed E-state index contributed by atoms with van der Waals surface area (Å²) in [6.45, 7) is 3.88. The number of amides is 1. The van der Waals surface area contributed by atoms with Crippen LogP contribution >= 0.6 is 0 Å². The molecule has 0 aliphatic heterocycles. The van der Waals surface area contributed by atoms with E-state index in [4.69, 9.17) is 0 Å². The van der Waals surface area contributed by atoms with Crippen LogP contribution in [0.3, 0.4) is 0 Å². The number of allylic oxidation sites excluding steroid dienone is 3. The van der Waals surface area contributed by atoms with Crippen molar-refractivity contribution >= 4 is 11.6 Å². The molecule has 0 fully saturated rings. The van der Waals surface area contributed by atoms with Gasteiger partial charge in [0, 0.05) is 16.9 Å². The Morgan fingerprint density at radius 3 is 2.00 bits per heavy atom. The molecule has 0 aliphatic carbocycles. The van der Waals surface area contributed by atoms with Crippen LogP contribution in [0.25, 0.3) is 0 Å². The zero-order valence-electron chi connectivity index (χ0n) is 12.4. The molecule has 0 saturated heterocycles. The predicted molar refractivity (Wildman–Crippen MR) is 88.3 cm³/mol. The van der Waals surface area contributed by atoms with E-state index in [1.165, 1.54) is 0 Å². The summed E-state index contributed by atoms with van der Waals surface area (Å²) in [5.74, 6) is -0.0343. The van der Waals surface area contributed by atoms with Crippen LogP contribution < -0.4 is 4.90 Å². The molecule has 2 aromatic rings. The topological polar surface area (TPSA) is 20.3 Å². The number of rotatable bonds is 4. The number of benzene rings is 2. The highest BCUT2D eigenvalue weighted by atomic mass is 16.2. The Bertz CT molecular complexity index is 642. The smallest absolute Gasteiger partial charge is 0.262 e. The van der Waals surface area contributed by atoms with Crippen LogP contribution in [-0.4, -0.2) is 5.91 Å². The number of hydrogen-bond donors (Lipinski definition) is 0. The highest BCUT2D eigenvalue weighted by molar-refractivity contribution is 6.08. The monoisotopic (exact) mass is 277 g/mol. The molecule has 2 aromatic carbocycles. The Kier molecular flexibility index (Phi) is 5.10. The van der Waals surface area contributed by atoms with Crippen molar-refractivity contribution in [3.8, 4) is 0 Å². The molecular formula is C19H19NO. The van der Waals surface area contributed by atoms with Gasteiger partial charge < -0.3 is 0 Å². The minimum Gasteiger partial charge on any atom is -0.277 e. The van der Waals surface area contributed by atoms with Gasteiger partial charge in [0.05, 0.1) is 0 Å². The third-order valence-electron chi connectivity index (χ3n) is 3.13. The third kappa shape index (κ3) is 3.48. The second kappa shape index (κ2) is 7.25. The predicted octanol–water partition coefficient (Wildman–Crippen LogP) is 4.81. The third-order valence-corrected chi connectivity index (χ3v) is 3.13. The summed E-state index contributed by atoms with van der Waals surface area (Å²) in [5, 5.41) is 0. The molecular weight excluding hydrogens is 258 g/mol. The Morgan fingerprint density at radius 1 is 0.905 bits per heavy atom. The van der Waals surface area contributed by atoms with Gasteiger partial charge in [0.25, 0.3) is 5.91 Å². The first-order valence-electron chi connectivity index (χ1n) is 7.01. The molecule has 0 heterocycles. The van der Waals surface area contributed by atoms with E-state index in [1.54, 1.807) is 4.90 Å². The van der Waals surface area contributed by atoms with Crippen molar-refractivity contribution in [1.29, 1.82) is 0 Å². The van der Waals surface area contributed by atoms with Crippen LogP contribution in [0.4, 0.5) is 5.69 Å². The summed E-state index contributed by atoms with van der Waals surface area (Å²) in [4.78, 5) is 14.6. The summed E-state index contributed by atoms with van der Waals surface area (Å²) < 4.78 is 0. The fraction of sp³-hybridized carbons (Fsp3) is 0.105. The molecule has 0 saturated carbocycles. The molecule has 21 heavy (non-hydrogen) atoms. The van der Waals surface area contributed by atoms with E-state index in [1.807, 2.05) is 92.7 Å². The van der Waals surface area contributed by atoms with E-state index in [9.17, 15) is 4.79 Å². The zero-order valence-corrected chi connectivity index (χ0v) is 12.4. The summed E-state index contributed by atoms with van der Waals surface area (Å²) >= 11 is 0. The quantitative estimate of drug-likeness (QED) is 0.734. The van der Waals surface area contributed by atoms with E-state index >= 15 is 0 Å². The molecule has 2 rings (SSSR count). The van der Waals surface area contributed by atoms with E-state index in [0.717, 1.165) is 11.4 Å². The number of nitrogens with zero attached hydrogens (tertiary/aromatic N) is 1. The van der Waals surface area contributed by atoms with Crippen LogP contribution in [0.2, 0.25) is 0 Å². The fourth-order valence-corrected chi connectivity index (χ4v) is 2.14. The lowest BCUT2D eigenvalue weighted by Crippen LogP contribution is -2.29. The SMILES string of the molecule is C/C=C\C(=C/C)N(C(=O)c1ccccc1)c1ccccc1. The molecule has 2 nitrogen and oxygen atoms in total. The minimum absolute atomic E-state index is 0.0343. The van der Waals surface area contributed by atoms with Gasteiger partial charge in [-0.05, 0) is 44.2 Å².